The minimum atomic E-state index is -0.0243. The lowest BCUT2D eigenvalue weighted by Crippen LogP contribution is -2.45. The van der Waals surface area contributed by atoms with Crippen LogP contribution in [0.15, 0.2) is 0 Å². The Labute approximate surface area is 165 Å². The van der Waals surface area contributed by atoms with Crippen molar-refractivity contribution in [3.63, 3.8) is 0 Å². The third-order valence-electron chi connectivity index (χ3n) is 6.22. The Kier molecular flexibility index (Phi) is 9.95. The number of amides is 3. The number of urea groups is 1. The van der Waals surface area contributed by atoms with E-state index in [1.54, 1.807) is 0 Å². The molecule has 4 N–H and O–H groups in total. The fourth-order valence-corrected chi connectivity index (χ4v) is 4.56. The molecule has 2 saturated carbocycles. The van der Waals surface area contributed by atoms with Gasteiger partial charge in [0.25, 0.3) is 0 Å². The predicted octanol–water partition coefficient (Wildman–Crippen LogP) is 2.93. The normalized spacial score (nSPS) is 28.4. The summed E-state index contributed by atoms with van der Waals surface area (Å²) < 4.78 is 0. The van der Waals surface area contributed by atoms with Crippen molar-refractivity contribution in [3.05, 3.63) is 0 Å². The van der Waals surface area contributed by atoms with Crippen LogP contribution in [0.5, 0.6) is 0 Å². The van der Waals surface area contributed by atoms with Crippen LogP contribution in [-0.4, -0.2) is 43.7 Å². The predicted molar refractivity (Wildman–Crippen MR) is 110 cm³/mol. The van der Waals surface area contributed by atoms with Crippen LogP contribution < -0.4 is 21.3 Å². The van der Waals surface area contributed by atoms with Gasteiger partial charge in [-0.2, -0.15) is 0 Å². The molecule has 0 saturated heterocycles. The Morgan fingerprint density at radius 3 is 1.85 bits per heavy atom. The van der Waals surface area contributed by atoms with Gasteiger partial charge in [0.15, 0.2) is 0 Å². The highest BCUT2D eigenvalue weighted by molar-refractivity contribution is 5.75. The molecule has 0 bridgehead atoms. The van der Waals surface area contributed by atoms with Crippen molar-refractivity contribution in [2.24, 2.45) is 11.8 Å². The van der Waals surface area contributed by atoms with Gasteiger partial charge in [-0.15, -0.1) is 0 Å². The van der Waals surface area contributed by atoms with Crippen LogP contribution >= 0.6 is 0 Å². The first-order valence-corrected chi connectivity index (χ1v) is 11.1. The average molecular weight is 381 g/mol. The van der Waals surface area contributed by atoms with Crippen molar-refractivity contribution in [2.75, 3.05) is 19.6 Å². The van der Waals surface area contributed by atoms with E-state index >= 15 is 0 Å². The summed E-state index contributed by atoms with van der Waals surface area (Å²) in [4.78, 5) is 23.4. The van der Waals surface area contributed by atoms with Crippen molar-refractivity contribution in [2.45, 2.75) is 90.1 Å². The van der Waals surface area contributed by atoms with E-state index in [9.17, 15) is 9.59 Å². The first kappa shape index (κ1) is 22.0. The molecule has 2 aliphatic rings. The molecule has 0 aliphatic heterocycles. The molecule has 6 heteroatoms. The molecule has 0 aromatic heterocycles. The molecule has 6 nitrogen and oxygen atoms in total. The quantitative estimate of drug-likeness (QED) is 0.464. The zero-order chi connectivity index (χ0) is 19.5. The number of rotatable bonds is 9. The van der Waals surface area contributed by atoms with Crippen molar-refractivity contribution in [1.82, 2.24) is 21.3 Å². The SMILES string of the molecule is CCNCCNC(=O)NC1CCC(CC2CCC(NC(=O)CC)CC2)CC1. The molecule has 0 spiro atoms. The Bertz CT molecular complexity index is 441. The minimum Gasteiger partial charge on any atom is -0.353 e. The Morgan fingerprint density at radius 2 is 1.33 bits per heavy atom. The summed E-state index contributed by atoms with van der Waals surface area (Å²) in [5.74, 6) is 1.82. The highest BCUT2D eigenvalue weighted by Gasteiger charge is 2.27. The van der Waals surface area contributed by atoms with Gasteiger partial charge in [-0.3, -0.25) is 4.79 Å². The number of hydrogen-bond acceptors (Lipinski definition) is 3. The molecular formula is C21H40N4O2. The van der Waals surface area contributed by atoms with Crippen LogP contribution in [-0.2, 0) is 4.79 Å². The molecule has 0 unspecified atom stereocenters. The first-order valence-electron chi connectivity index (χ1n) is 11.1. The van der Waals surface area contributed by atoms with Crippen LogP contribution in [0.25, 0.3) is 0 Å². The third kappa shape index (κ3) is 8.50. The smallest absolute Gasteiger partial charge is 0.315 e. The molecule has 0 aromatic rings. The summed E-state index contributed by atoms with van der Waals surface area (Å²) in [6.45, 7) is 6.41. The highest BCUT2D eigenvalue weighted by Crippen LogP contribution is 2.35. The molecule has 27 heavy (non-hydrogen) atoms. The molecule has 3 amide bonds. The lowest BCUT2D eigenvalue weighted by Gasteiger charge is -2.34. The van der Waals surface area contributed by atoms with Crippen LogP contribution in [0.3, 0.4) is 0 Å². The van der Waals surface area contributed by atoms with Gasteiger partial charge in [-0.05, 0) is 76.2 Å². The highest BCUT2D eigenvalue weighted by atomic mass is 16.2. The summed E-state index contributed by atoms with van der Waals surface area (Å²) in [6.07, 6.45) is 11.4. The van der Waals surface area contributed by atoms with Gasteiger partial charge in [0.2, 0.25) is 5.91 Å². The van der Waals surface area contributed by atoms with Gasteiger partial charge in [-0.25, -0.2) is 4.79 Å². The van der Waals surface area contributed by atoms with Crippen molar-refractivity contribution in [1.29, 1.82) is 0 Å². The summed E-state index contributed by atoms with van der Waals surface area (Å²) >= 11 is 0. The molecule has 2 rings (SSSR count). The number of likely N-dealkylation sites (N-methyl/N-ethyl adjacent to an activating group) is 1. The van der Waals surface area contributed by atoms with E-state index in [0.717, 1.165) is 50.6 Å². The maximum Gasteiger partial charge on any atom is 0.315 e. The van der Waals surface area contributed by atoms with E-state index in [-0.39, 0.29) is 11.9 Å². The van der Waals surface area contributed by atoms with Crippen LogP contribution in [0.2, 0.25) is 0 Å². The van der Waals surface area contributed by atoms with E-state index in [1.807, 2.05) is 6.92 Å². The second-order valence-electron chi connectivity index (χ2n) is 8.35. The summed E-state index contributed by atoms with van der Waals surface area (Å²) in [6, 6.07) is 0.712. The second-order valence-corrected chi connectivity index (χ2v) is 8.35. The van der Waals surface area contributed by atoms with E-state index in [0.29, 0.717) is 25.0 Å². The lowest BCUT2D eigenvalue weighted by atomic mass is 9.75. The molecule has 0 heterocycles. The summed E-state index contributed by atoms with van der Waals surface area (Å²) in [5.41, 5.74) is 0. The zero-order valence-corrected chi connectivity index (χ0v) is 17.3. The monoisotopic (exact) mass is 380 g/mol. The van der Waals surface area contributed by atoms with Crippen molar-refractivity contribution >= 4 is 11.9 Å². The summed E-state index contributed by atoms with van der Waals surface area (Å²) in [7, 11) is 0. The lowest BCUT2D eigenvalue weighted by molar-refractivity contribution is -0.121. The molecule has 0 aromatic carbocycles. The van der Waals surface area contributed by atoms with Gasteiger partial charge in [0.05, 0.1) is 0 Å². The van der Waals surface area contributed by atoms with Crippen LogP contribution in [0.4, 0.5) is 4.79 Å². The largest absolute Gasteiger partial charge is 0.353 e. The van der Waals surface area contributed by atoms with E-state index in [4.69, 9.17) is 0 Å². The first-order chi connectivity index (χ1) is 13.1. The van der Waals surface area contributed by atoms with E-state index < -0.39 is 0 Å². The molecule has 156 valence electrons. The molecule has 2 fully saturated rings. The van der Waals surface area contributed by atoms with E-state index in [2.05, 4.69) is 28.2 Å². The molecule has 0 atom stereocenters. The molecule has 0 radical (unpaired) electrons. The number of hydrogen-bond donors (Lipinski definition) is 4. The van der Waals surface area contributed by atoms with Gasteiger partial charge in [-0.1, -0.05) is 13.8 Å². The number of nitrogens with one attached hydrogen (secondary N) is 4. The van der Waals surface area contributed by atoms with Gasteiger partial charge >= 0.3 is 6.03 Å². The zero-order valence-electron chi connectivity index (χ0n) is 17.3. The summed E-state index contributed by atoms with van der Waals surface area (Å²) in [5, 5.41) is 12.4. The molecule has 2 aliphatic carbocycles. The number of carbonyl (C=O) groups excluding carboxylic acids is 2. The standard InChI is InChI=1S/C21H40N4O2/c1-3-20(26)24-18-9-5-16(6-10-18)15-17-7-11-19(12-8-17)25-21(27)23-14-13-22-4-2/h16-19,22H,3-15H2,1-2H3,(H,24,26)(H2,23,25,27). The van der Waals surface area contributed by atoms with Gasteiger partial charge < -0.3 is 21.3 Å². The maximum absolute atomic E-state index is 11.9. The third-order valence-corrected chi connectivity index (χ3v) is 6.22. The van der Waals surface area contributed by atoms with Crippen LogP contribution in [0, 0.1) is 11.8 Å². The minimum absolute atomic E-state index is 0.0243. The Balaban J connectivity index is 1.56. The fraction of sp³-hybridized carbons (Fsp3) is 0.905. The van der Waals surface area contributed by atoms with E-state index in [1.165, 1.54) is 32.1 Å². The second kappa shape index (κ2) is 12.2. The average Bonchev–Trinajstić information content (AvgIpc) is 2.68. The number of carbonyl (C=O) groups is 2. The van der Waals surface area contributed by atoms with Crippen molar-refractivity contribution < 1.29 is 9.59 Å². The Morgan fingerprint density at radius 1 is 0.778 bits per heavy atom. The van der Waals surface area contributed by atoms with Gasteiger partial charge in [0, 0.05) is 31.6 Å². The maximum atomic E-state index is 11.9. The fourth-order valence-electron chi connectivity index (χ4n) is 4.56. The Hall–Kier alpha value is -1.30. The molecular weight excluding hydrogens is 340 g/mol. The van der Waals surface area contributed by atoms with Gasteiger partial charge in [0.1, 0.15) is 0 Å². The topological polar surface area (TPSA) is 82.3 Å². The van der Waals surface area contributed by atoms with Crippen molar-refractivity contribution in [3.8, 4) is 0 Å². The van der Waals surface area contributed by atoms with Crippen LogP contribution in [0.1, 0.15) is 78.1 Å².